The number of benzene rings is 1. The lowest BCUT2D eigenvalue weighted by Gasteiger charge is -2.27. The number of hydrogen-bond acceptors (Lipinski definition) is 3. The van der Waals surface area contributed by atoms with Gasteiger partial charge in [-0.25, -0.2) is 0 Å². The van der Waals surface area contributed by atoms with Crippen LogP contribution >= 0.6 is 0 Å². The molecule has 3 atom stereocenters. The van der Waals surface area contributed by atoms with Gasteiger partial charge in [0.15, 0.2) is 0 Å². The number of carbonyl (C=O) groups is 1. The van der Waals surface area contributed by atoms with Crippen LogP contribution in [0.15, 0.2) is 30.3 Å². The van der Waals surface area contributed by atoms with Crippen LogP contribution in [0.5, 0.6) is 0 Å². The van der Waals surface area contributed by atoms with E-state index < -0.39 is 0 Å². The van der Waals surface area contributed by atoms with E-state index in [1.807, 2.05) is 44.3 Å². The van der Waals surface area contributed by atoms with Crippen molar-refractivity contribution in [1.29, 1.82) is 0 Å². The van der Waals surface area contributed by atoms with Gasteiger partial charge in [-0.15, -0.1) is 0 Å². The zero-order chi connectivity index (χ0) is 13.8. The molecule has 4 heteroatoms. The van der Waals surface area contributed by atoms with E-state index in [4.69, 9.17) is 10.5 Å². The van der Waals surface area contributed by atoms with Gasteiger partial charge >= 0.3 is 0 Å². The first kappa shape index (κ1) is 14.0. The highest BCUT2D eigenvalue weighted by Crippen LogP contribution is 2.24. The molecular formula is C15H22N2O2. The van der Waals surface area contributed by atoms with Crippen LogP contribution in [-0.2, 0) is 9.53 Å². The lowest BCUT2D eigenvalue weighted by Crippen LogP contribution is -2.38. The number of ether oxygens (including phenoxy) is 1. The summed E-state index contributed by atoms with van der Waals surface area (Å²) < 4.78 is 5.66. The van der Waals surface area contributed by atoms with Gasteiger partial charge in [0.25, 0.3) is 5.91 Å². The van der Waals surface area contributed by atoms with Crippen molar-refractivity contribution in [3.63, 3.8) is 0 Å². The van der Waals surface area contributed by atoms with E-state index in [9.17, 15) is 4.79 Å². The number of carbonyl (C=O) groups excluding carboxylic acids is 1. The number of nitrogens with zero attached hydrogens (tertiary/aromatic N) is 1. The Labute approximate surface area is 114 Å². The molecular weight excluding hydrogens is 240 g/mol. The van der Waals surface area contributed by atoms with Crippen molar-refractivity contribution in [1.82, 2.24) is 4.90 Å². The summed E-state index contributed by atoms with van der Waals surface area (Å²) in [7, 11) is 1.83. The third-order valence-electron chi connectivity index (χ3n) is 3.86. The summed E-state index contributed by atoms with van der Waals surface area (Å²) in [6.45, 7) is 2.52. The van der Waals surface area contributed by atoms with Gasteiger partial charge in [0, 0.05) is 13.6 Å². The second kappa shape index (κ2) is 6.17. The molecule has 0 saturated carbocycles. The van der Waals surface area contributed by atoms with Crippen LogP contribution in [0.4, 0.5) is 0 Å². The van der Waals surface area contributed by atoms with Crippen molar-refractivity contribution in [2.24, 2.45) is 5.73 Å². The summed E-state index contributed by atoms with van der Waals surface area (Å²) >= 11 is 0. The Hall–Kier alpha value is -1.39. The predicted molar refractivity (Wildman–Crippen MR) is 74.6 cm³/mol. The maximum Gasteiger partial charge on any atom is 0.251 e. The minimum Gasteiger partial charge on any atom is -0.364 e. The van der Waals surface area contributed by atoms with Gasteiger partial charge in [-0.1, -0.05) is 30.3 Å². The van der Waals surface area contributed by atoms with Crippen molar-refractivity contribution in [2.45, 2.75) is 38.0 Å². The van der Waals surface area contributed by atoms with Crippen molar-refractivity contribution < 1.29 is 9.53 Å². The smallest absolute Gasteiger partial charge is 0.251 e. The molecule has 1 fully saturated rings. The fourth-order valence-corrected chi connectivity index (χ4v) is 2.43. The SMILES string of the molecule is CC(c1ccccc1)N(C)C(=O)[C@@H]1CC[C@H](CN)O1. The highest BCUT2D eigenvalue weighted by molar-refractivity contribution is 5.81. The molecule has 1 aromatic rings. The Balaban J connectivity index is 1.99. The van der Waals surface area contributed by atoms with Crippen molar-refractivity contribution >= 4 is 5.91 Å². The Bertz CT molecular complexity index is 421. The molecule has 1 aliphatic heterocycles. The van der Waals surface area contributed by atoms with Gasteiger partial charge in [-0.3, -0.25) is 4.79 Å². The maximum absolute atomic E-state index is 12.4. The highest BCUT2D eigenvalue weighted by Gasteiger charge is 2.33. The molecule has 19 heavy (non-hydrogen) atoms. The first-order chi connectivity index (χ1) is 9.13. The Morgan fingerprint density at radius 1 is 1.42 bits per heavy atom. The van der Waals surface area contributed by atoms with Crippen molar-refractivity contribution in [2.75, 3.05) is 13.6 Å². The third kappa shape index (κ3) is 3.14. The molecule has 1 unspecified atom stereocenters. The standard InChI is InChI=1S/C15H22N2O2/c1-11(12-6-4-3-5-7-12)17(2)15(18)14-9-8-13(10-16)19-14/h3-7,11,13-14H,8-10,16H2,1-2H3/t11?,13-,14+/m1/s1. The first-order valence-electron chi connectivity index (χ1n) is 6.80. The van der Waals surface area contributed by atoms with Crippen LogP contribution in [-0.4, -0.2) is 36.6 Å². The quantitative estimate of drug-likeness (QED) is 0.898. The maximum atomic E-state index is 12.4. The van der Waals surface area contributed by atoms with E-state index in [0.717, 1.165) is 18.4 Å². The molecule has 2 rings (SSSR count). The minimum absolute atomic E-state index is 0.0365. The Kier molecular flexibility index (Phi) is 4.56. The van der Waals surface area contributed by atoms with Crippen molar-refractivity contribution in [3.05, 3.63) is 35.9 Å². The van der Waals surface area contributed by atoms with E-state index in [1.54, 1.807) is 4.90 Å². The van der Waals surface area contributed by atoms with E-state index in [2.05, 4.69) is 0 Å². The molecule has 0 radical (unpaired) electrons. The molecule has 1 amide bonds. The van der Waals surface area contributed by atoms with Crippen LogP contribution in [0.1, 0.15) is 31.4 Å². The van der Waals surface area contributed by atoms with Gasteiger partial charge in [-0.05, 0) is 25.3 Å². The normalized spacial score (nSPS) is 24.2. The molecule has 0 aliphatic carbocycles. The molecule has 1 aromatic carbocycles. The van der Waals surface area contributed by atoms with Crippen LogP contribution in [0.25, 0.3) is 0 Å². The average Bonchev–Trinajstić information content (AvgIpc) is 2.94. The molecule has 4 nitrogen and oxygen atoms in total. The number of amides is 1. The third-order valence-corrected chi connectivity index (χ3v) is 3.86. The molecule has 1 aliphatic rings. The highest BCUT2D eigenvalue weighted by atomic mass is 16.5. The van der Waals surface area contributed by atoms with Gasteiger partial charge in [0.05, 0.1) is 12.1 Å². The number of likely N-dealkylation sites (N-methyl/N-ethyl adjacent to an activating group) is 1. The summed E-state index contributed by atoms with van der Waals surface area (Å²) in [6.07, 6.45) is 1.35. The summed E-state index contributed by atoms with van der Waals surface area (Å²) in [4.78, 5) is 14.1. The van der Waals surface area contributed by atoms with Crippen LogP contribution in [0.3, 0.4) is 0 Å². The molecule has 1 saturated heterocycles. The molecule has 0 bridgehead atoms. The largest absolute Gasteiger partial charge is 0.364 e. The van der Waals surface area contributed by atoms with E-state index >= 15 is 0 Å². The molecule has 0 spiro atoms. The summed E-state index contributed by atoms with van der Waals surface area (Å²) in [5.41, 5.74) is 6.70. The fourth-order valence-electron chi connectivity index (χ4n) is 2.43. The van der Waals surface area contributed by atoms with Gasteiger partial charge in [-0.2, -0.15) is 0 Å². The second-order valence-corrected chi connectivity index (χ2v) is 5.10. The lowest BCUT2D eigenvalue weighted by atomic mass is 10.1. The van der Waals surface area contributed by atoms with Gasteiger partial charge in [0.2, 0.25) is 0 Å². The molecule has 2 N–H and O–H groups in total. The molecule has 0 aromatic heterocycles. The summed E-state index contributed by atoms with van der Waals surface area (Å²) in [6, 6.07) is 10.1. The van der Waals surface area contributed by atoms with E-state index in [-0.39, 0.29) is 24.2 Å². The molecule has 1 heterocycles. The monoisotopic (exact) mass is 262 g/mol. The number of nitrogens with two attached hydrogens (primary N) is 1. The lowest BCUT2D eigenvalue weighted by molar-refractivity contribution is -0.143. The Morgan fingerprint density at radius 2 is 2.11 bits per heavy atom. The Morgan fingerprint density at radius 3 is 2.68 bits per heavy atom. The van der Waals surface area contributed by atoms with Crippen LogP contribution in [0.2, 0.25) is 0 Å². The molecule has 104 valence electrons. The second-order valence-electron chi connectivity index (χ2n) is 5.10. The summed E-state index contributed by atoms with van der Waals surface area (Å²) in [5, 5.41) is 0. The minimum atomic E-state index is -0.329. The average molecular weight is 262 g/mol. The van der Waals surface area contributed by atoms with E-state index in [1.165, 1.54) is 0 Å². The van der Waals surface area contributed by atoms with Gasteiger partial charge < -0.3 is 15.4 Å². The fraction of sp³-hybridized carbons (Fsp3) is 0.533. The van der Waals surface area contributed by atoms with Crippen molar-refractivity contribution in [3.8, 4) is 0 Å². The zero-order valence-electron chi connectivity index (χ0n) is 11.6. The first-order valence-corrected chi connectivity index (χ1v) is 6.80. The predicted octanol–water partition coefficient (Wildman–Crippen LogP) is 1.71. The summed E-state index contributed by atoms with van der Waals surface area (Å²) in [5.74, 6) is 0.0484. The van der Waals surface area contributed by atoms with Crippen LogP contribution in [0, 0.1) is 0 Å². The number of rotatable bonds is 4. The van der Waals surface area contributed by atoms with Crippen LogP contribution < -0.4 is 5.73 Å². The van der Waals surface area contributed by atoms with Gasteiger partial charge in [0.1, 0.15) is 6.10 Å². The van der Waals surface area contributed by atoms with E-state index in [0.29, 0.717) is 6.54 Å². The number of hydrogen-bond donors (Lipinski definition) is 1. The topological polar surface area (TPSA) is 55.6 Å². The zero-order valence-corrected chi connectivity index (χ0v) is 11.6.